The van der Waals surface area contributed by atoms with Crippen LogP contribution in [0.4, 0.5) is 0 Å². The Labute approximate surface area is 116 Å². The lowest BCUT2D eigenvalue weighted by Crippen LogP contribution is -2.32. The van der Waals surface area contributed by atoms with E-state index in [2.05, 4.69) is 54.9 Å². The maximum absolute atomic E-state index is 4.80. The highest BCUT2D eigenvalue weighted by molar-refractivity contribution is 5.75. The molecule has 0 saturated carbocycles. The molecule has 0 aliphatic rings. The van der Waals surface area contributed by atoms with Gasteiger partial charge in [0.2, 0.25) is 0 Å². The summed E-state index contributed by atoms with van der Waals surface area (Å²) in [5.41, 5.74) is 2.37. The molecule has 1 unspecified atom stereocenters. The zero-order chi connectivity index (χ0) is 13.7. The Balaban J connectivity index is 2.23. The van der Waals surface area contributed by atoms with E-state index in [-0.39, 0.29) is 0 Å². The summed E-state index contributed by atoms with van der Waals surface area (Å²) in [4.78, 5) is 4.80. The normalized spacial score (nSPS) is 13.0. The van der Waals surface area contributed by atoms with Crippen LogP contribution in [0, 0.1) is 0 Å². The van der Waals surface area contributed by atoms with Gasteiger partial charge in [0.1, 0.15) is 5.82 Å². The summed E-state index contributed by atoms with van der Waals surface area (Å²) in [6, 6.07) is 8.95. The summed E-state index contributed by atoms with van der Waals surface area (Å²) in [5, 5.41) is 3.61. The second kappa shape index (κ2) is 6.71. The molecule has 0 fully saturated rings. The lowest BCUT2D eigenvalue weighted by Gasteiger charge is -2.16. The molecule has 104 valence electrons. The van der Waals surface area contributed by atoms with Gasteiger partial charge in [-0.25, -0.2) is 4.98 Å². The van der Waals surface area contributed by atoms with Crippen LogP contribution in [0.1, 0.15) is 39.4 Å². The van der Waals surface area contributed by atoms with Crippen LogP contribution in [0.15, 0.2) is 24.3 Å². The summed E-state index contributed by atoms with van der Waals surface area (Å²) in [6.07, 6.45) is 3.34. The third kappa shape index (κ3) is 3.16. The molecule has 1 N–H and O–H groups in total. The zero-order valence-corrected chi connectivity index (χ0v) is 12.3. The van der Waals surface area contributed by atoms with E-state index in [4.69, 9.17) is 4.98 Å². The predicted octanol–water partition coefficient (Wildman–Crippen LogP) is 3.38. The van der Waals surface area contributed by atoms with Gasteiger partial charge in [0, 0.05) is 19.0 Å². The van der Waals surface area contributed by atoms with Crippen LogP contribution in [0.25, 0.3) is 11.0 Å². The van der Waals surface area contributed by atoms with Gasteiger partial charge in [0.25, 0.3) is 0 Å². The molecule has 0 aliphatic carbocycles. The minimum absolute atomic E-state index is 0.530. The fourth-order valence-corrected chi connectivity index (χ4v) is 2.56. The van der Waals surface area contributed by atoms with Crippen molar-refractivity contribution in [2.45, 2.75) is 52.6 Å². The lowest BCUT2D eigenvalue weighted by molar-refractivity contribution is 0.478. The van der Waals surface area contributed by atoms with Crippen molar-refractivity contribution in [3.63, 3.8) is 0 Å². The number of para-hydroxylation sites is 2. The number of fused-ring (bicyclic) bond motifs is 1. The predicted molar refractivity (Wildman–Crippen MR) is 81.5 cm³/mol. The first-order valence-electron chi connectivity index (χ1n) is 7.47. The van der Waals surface area contributed by atoms with E-state index >= 15 is 0 Å². The Morgan fingerprint density at radius 3 is 2.68 bits per heavy atom. The van der Waals surface area contributed by atoms with Crippen LogP contribution in [0.5, 0.6) is 0 Å². The number of benzene rings is 1. The number of aromatic nitrogens is 2. The van der Waals surface area contributed by atoms with Crippen LogP contribution in [0.3, 0.4) is 0 Å². The first-order valence-corrected chi connectivity index (χ1v) is 7.47. The molecule has 0 spiro atoms. The molecule has 0 aliphatic heterocycles. The first kappa shape index (κ1) is 14.1. The van der Waals surface area contributed by atoms with E-state index in [9.17, 15) is 0 Å². The number of nitrogens with zero attached hydrogens (tertiary/aromatic N) is 2. The fourth-order valence-electron chi connectivity index (χ4n) is 2.56. The summed E-state index contributed by atoms with van der Waals surface area (Å²) < 4.78 is 2.34. The first-order chi connectivity index (χ1) is 9.30. The van der Waals surface area contributed by atoms with Crippen molar-refractivity contribution in [1.29, 1.82) is 0 Å². The number of aryl methyl sites for hydroxylation is 1. The van der Waals surface area contributed by atoms with Crippen LogP contribution in [-0.2, 0) is 13.0 Å². The quantitative estimate of drug-likeness (QED) is 0.826. The Hall–Kier alpha value is -1.35. The molecule has 1 aromatic carbocycles. The monoisotopic (exact) mass is 259 g/mol. The number of nitrogens with one attached hydrogen (secondary N) is 1. The van der Waals surface area contributed by atoms with Crippen LogP contribution < -0.4 is 5.32 Å². The van der Waals surface area contributed by atoms with E-state index in [1.165, 1.54) is 17.8 Å². The van der Waals surface area contributed by atoms with Crippen molar-refractivity contribution in [3.8, 4) is 0 Å². The van der Waals surface area contributed by atoms with E-state index < -0.39 is 0 Å². The number of hydrogen-bond donors (Lipinski definition) is 1. The minimum atomic E-state index is 0.530. The standard InChI is InChI=1S/C16H25N3/c1-4-11-17-13(5-2)12-16-18-14-9-7-8-10-15(14)19(16)6-3/h7-10,13,17H,4-6,11-12H2,1-3H3. The second-order valence-corrected chi connectivity index (χ2v) is 5.02. The third-order valence-electron chi connectivity index (χ3n) is 3.65. The van der Waals surface area contributed by atoms with Crippen LogP contribution >= 0.6 is 0 Å². The van der Waals surface area contributed by atoms with Gasteiger partial charge in [0.05, 0.1) is 11.0 Å². The Kier molecular flexibility index (Phi) is 4.97. The van der Waals surface area contributed by atoms with Gasteiger partial charge in [0.15, 0.2) is 0 Å². The molecule has 3 heteroatoms. The average molecular weight is 259 g/mol. The summed E-state index contributed by atoms with van der Waals surface area (Å²) in [6.45, 7) is 8.72. The molecule has 1 heterocycles. The largest absolute Gasteiger partial charge is 0.328 e. The average Bonchev–Trinajstić information content (AvgIpc) is 2.80. The van der Waals surface area contributed by atoms with E-state index in [1.54, 1.807) is 0 Å². The highest BCUT2D eigenvalue weighted by atomic mass is 15.1. The van der Waals surface area contributed by atoms with Gasteiger partial charge in [-0.3, -0.25) is 0 Å². The summed E-state index contributed by atoms with van der Waals surface area (Å²) >= 11 is 0. The fraction of sp³-hybridized carbons (Fsp3) is 0.562. The van der Waals surface area contributed by atoms with Crippen LogP contribution in [0.2, 0.25) is 0 Å². The third-order valence-corrected chi connectivity index (χ3v) is 3.65. The summed E-state index contributed by atoms with van der Waals surface area (Å²) in [7, 11) is 0. The van der Waals surface area contributed by atoms with Gasteiger partial charge in [-0.05, 0) is 38.4 Å². The molecule has 2 aromatic rings. The molecule has 1 aromatic heterocycles. The maximum Gasteiger partial charge on any atom is 0.111 e. The summed E-state index contributed by atoms with van der Waals surface area (Å²) in [5.74, 6) is 1.21. The number of rotatable bonds is 7. The molecule has 0 saturated heterocycles. The van der Waals surface area contributed by atoms with E-state index in [1.807, 2.05) is 0 Å². The number of hydrogen-bond acceptors (Lipinski definition) is 2. The molecule has 1 atom stereocenters. The molecule has 0 radical (unpaired) electrons. The molecule has 3 nitrogen and oxygen atoms in total. The molecule has 0 bridgehead atoms. The molecule has 19 heavy (non-hydrogen) atoms. The van der Waals surface area contributed by atoms with Gasteiger partial charge in [-0.1, -0.05) is 26.0 Å². The molecule has 2 rings (SSSR count). The van der Waals surface area contributed by atoms with Crippen molar-refractivity contribution in [2.75, 3.05) is 6.54 Å². The Morgan fingerprint density at radius 2 is 2.00 bits per heavy atom. The molecular weight excluding hydrogens is 234 g/mol. The van der Waals surface area contributed by atoms with E-state index in [0.29, 0.717) is 6.04 Å². The second-order valence-electron chi connectivity index (χ2n) is 5.02. The van der Waals surface area contributed by atoms with Gasteiger partial charge in [-0.15, -0.1) is 0 Å². The highest BCUT2D eigenvalue weighted by Gasteiger charge is 2.13. The van der Waals surface area contributed by atoms with Crippen molar-refractivity contribution in [1.82, 2.24) is 14.9 Å². The molecule has 0 amide bonds. The zero-order valence-electron chi connectivity index (χ0n) is 12.3. The molecular formula is C16H25N3. The topological polar surface area (TPSA) is 29.9 Å². The smallest absolute Gasteiger partial charge is 0.111 e. The maximum atomic E-state index is 4.80. The Bertz CT molecular complexity index is 516. The van der Waals surface area contributed by atoms with Crippen LogP contribution in [-0.4, -0.2) is 22.1 Å². The van der Waals surface area contributed by atoms with Gasteiger partial charge in [-0.2, -0.15) is 0 Å². The SMILES string of the molecule is CCCNC(CC)Cc1nc2ccccc2n1CC. The van der Waals surface area contributed by atoms with Crippen molar-refractivity contribution >= 4 is 11.0 Å². The Morgan fingerprint density at radius 1 is 1.21 bits per heavy atom. The van der Waals surface area contributed by atoms with Crippen molar-refractivity contribution in [2.24, 2.45) is 0 Å². The van der Waals surface area contributed by atoms with Crippen molar-refractivity contribution in [3.05, 3.63) is 30.1 Å². The van der Waals surface area contributed by atoms with Gasteiger partial charge < -0.3 is 9.88 Å². The number of imidazole rings is 1. The van der Waals surface area contributed by atoms with Crippen molar-refractivity contribution < 1.29 is 0 Å². The minimum Gasteiger partial charge on any atom is -0.328 e. The van der Waals surface area contributed by atoms with Gasteiger partial charge >= 0.3 is 0 Å². The van der Waals surface area contributed by atoms with E-state index in [0.717, 1.165) is 31.4 Å². The highest BCUT2D eigenvalue weighted by Crippen LogP contribution is 2.17. The lowest BCUT2D eigenvalue weighted by atomic mass is 10.1.